The van der Waals surface area contributed by atoms with Crippen LogP contribution in [0.3, 0.4) is 0 Å². The molecule has 0 aliphatic heterocycles. The third kappa shape index (κ3) is 31.5. The maximum atomic E-state index is 12.3. The summed E-state index contributed by atoms with van der Waals surface area (Å²) in [5.74, 6) is -0.244. The highest BCUT2D eigenvalue weighted by atomic mass is 31.2. The molecule has 0 saturated carbocycles. The molecule has 43 heavy (non-hydrogen) atoms. The topological polar surface area (TPSA) is 140 Å². The molecule has 0 saturated heterocycles. The summed E-state index contributed by atoms with van der Waals surface area (Å²) in [6.45, 7) is 5.66. The van der Waals surface area contributed by atoms with Gasteiger partial charge in [-0.2, -0.15) is 0 Å². The highest BCUT2D eigenvalue weighted by Crippen LogP contribution is 2.35. The van der Waals surface area contributed by atoms with Crippen molar-refractivity contribution in [3.8, 4) is 0 Å². The van der Waals surface area contributed by atoms with E-state index in [1.54, 1.807) is 6.08 Å². The Labute approximate surface area is 260 Å². The van der Waals surface area contributed by atoms with E-state index in [4.69, 9.17) is 19.3 Å². The Morgan fingerprint density at radius 2 is 1.33 bits per heavy atom. The number of ether oxygens (including phenoxy) is 2. The minimum absolute atomic E-state index is 0.142. The Hall–Kier alpha value is -1.77. The number of unbranched alkanes of at least 4 members (excludes halogenated alkanes) is 9. The molecule has 3 N–H and O–H groups in total. The summed E-state index contributed by atoms with van der Waals surface area (Å²) >= 11 is 0. The number of aliphatic hydroxyl groups is 1. The summed E-state index contributed by atoms with van der Waals surface area (Å²) in [7, 11) is -4.77. The summed E-state index contributed by atoms with van der Waals surface area (Å²) in [4.78, 5) is 42.4. The number of hydrogen-bond donors (Lipinski definition) is 3. The number of rotatable bonds is 28. The Kier molecular flexibility index (Phi) is 26.6. The van der Waals surface area contributed by atoms with Gasteiger partial charge in [-0.25, -0.2) is 4.57 Å². The SMILES string of the molecule is CC/C=C/C/C=C/C=C/C(O)CCCCCCCC(=O)O[C@H](COC(=O)CCCCCCCCC(C)C)COP(=O)(O)O. The quantitative estimate of drug-likeness (QED) is 0.0259. The summed E-state index contributed by atoms with van der Waals surface area (Å²) < 4.78 is 26.1. The van der Waals surface area contributed by atoms with E-state index in [0.29, 0.717) is 19.3 Å². The van der Waals surface area contributed by atoms with Crippen molar-refractivity contribution in [3.63, 3.8) is 0 Å². The molecule has 250 valence electrons. The van der Waals surface area contributed by atoms with Gasteiger partial charge in [-0.1, -0.05) is 121 Å². The number of phosphoric acid groups is 1. The normalized spacial score (nSPS) is 13.8. The summed E-state index contributed by atoms with van der Waals surface area (Å²) in [5.41, 5.74) is 0. The van der Waals surface area contributed by atoms with Gasteiger partial charge in [0.05, 0.1) is 12.7 Å². The minimum Gasteiger partial charge on any atom is -0.462 e. The largest absolute Gasteiger partial charge is 0.469 e. The third-order valence-corrected chi connectivity index (χ3v) is 7.19. The molecule has 0 aromatic rings. The molecule has 0 bridgehead atoms. The second-order valence-corrected chi connectivity index (χ2v) is 12.7. The first-order chi connectivity index (χ1) is 20.5. The van der Waals surface area contributed by atoms with Crippen molar-refractivity contribution in [1.82, 2.24) is 0 Å². The van der Waals surface area contributed by atoms with Gasteiger partial charge < -0.3 is 24.4 Å². The Balaban J connectivity index is 4.15. The number of allylic oxidation sites excluding steroid dienone is 5. The van der Waals surface area contributed by atoms with Crippen molar-refractivity contribution in [2.24, 2.45) is 5.92 Å². The number of phosphoric ester groups is 1. The van der Waals surface area contributed by atoms with E-state index in [9.17, 15) is 19.3 Å². The van der Waals surface area contributed by atoms with Crippen molar-refractivity contribution in [3.05, 3.63) is 36.5 Å². The van der Waals surface area contributed by atoms with Gasteiger partial charge in [-0.15, -0.1) is 0 Å². The van der Waals surface area contributed by atoms with Crippen LogP contribution in [0, 0.1) is 5.92 Å². The van der Waals surface area contributed by atoms with Crippen molar-refractivity contribution >= 4 is 19.8 Å². The van der Waals surface area contributed by atoms with E-state index in [2.05, 4.69) is 37.4 Å². The van der Waals surface area contributed by atoms with Crippen molar-refractivity contribution < 1.29 is 43.0 Å². The Bertz CT molecular complexity index is 832. The summed E-state index contributed by atoms with van der Waals surface area (Å²) in [6, 6.07) is 0. The van der Waals surface area contributed by atoms with Gasteiger partial charge in [0.25, 0.3) is 0 Å². The van der Waals surface area contributed by atoms with Crippen LogP contribution in [0.4, 0.5) is 0 Å². The number of hydrogen-bond acceptors (Lipinski definition) is 7. The Morgan fingerprint density at radius 1 is 0.744 bits per heavy atom. The molecule has 0 aliphatic rings. The highest BCUT2D eigenvalue weighted by molar-refractivity contribution is 7.46. The predicted octanol–water partition coefficient (Wildman–Crippen LogP) is 7.89. The molecule has 0 aliphatic carbocycles. The number of carbonyl (C=O) groups is 2. The van der Waals surface area contributed by atoms with Crippen LogP contribution >= 0.6 is 7.82 Å². The van der Waals surface area contributed by atoms with Crippen LogP contribution in [-0.2, 0) is 28.2 Å². The molecule has 10 heteroatoms. The lowest BCUT2D eigenvalue weighted by Gasteiger charge is -2.18. The molecule has 0 heterocycles. The molecule has 1 unspecified atom stereocenters. The maximum Gasteiger partial charge on any atom is 0.469 e. The van der Waals surface area contributed by atoms with Crippen molar-refractivity contribution in [2.45, 2.75) is 142 Å². The first-order valence-electron chi connectivity index (χ1n) is 16.2. The van der Waals surface area contributed by atoms with Gasteiger partial charge in [-0.3, -0.25) is 14.1 Å². The molecule has 0 amide bonds. The standard InChI is InChI=1S/C33H59O9P/c1-4-5-6-7-8-13-18-23-30(34)24-19-14-11-16-21-26-33(36)42-31(28-41-43(37,38)39)27-40-32(35)25-20-15-10-9-12-17-22-29(2)3/h5-6,8,13,18,23,29-31,34H,4,7,9-12,14-17,19-22,24-28H2,1-3H3,(H2,37,38,39)/b6-5+,13-8+,23-18+/t30?,31-/m1/s1. The lowest BCUT2D eigenvalue weighted by molar-refractivity contribution is -0.161. The van der Waals surface area contributed by atoms with Gasteiger partial charge in [-0.05, 0) is 38.0 Å². The first-order valence-corrected chi connectivity index (χ1v) is 17.8. The van der Waals surface area contributed by atoms with Crippen LogP contribution in [0.5, 0.6) is 0 Å². The molecule has 0 aromatic heterocycles. The van der Waals surface area contributed by atoms with Crippen LogP contribution in [0.1, 0.15) is 130 Å². The summed E-state index contributed by atoms with van der Waals surface area (Å²) in [6.07, 6.45) is 24.9. The van der Waals surface area contributed by atoms with Crippen LogP contribution in [0.25, 0.3) is 0 Å². The van der Waals surface area contributed by atoms with Gasteiger partial charge in [0.15, 0.2) is 6.10 Å². The minimum atomic E-state index is -4.77. The number of esters is 2. The first kappa shape index (κ1) is 41.2. The van der Waals surface area contributed by atoms with E-state index < -0.39 is 38.6 Å². The van der Waals surface area contributed by atoms with E-state index in [1.165, 1.54) is 19.3 Å². The van der Waals surface area contributed by atoms with Gasteiger partial charge in [0.1, 0.15) is 6.61 Å². The second-order valence-electron chi connectivity index (χ2n) is 11.4. The molecule has 0 spiro atoms. The fraction of sp³-hybridized carbons (Fsp3) is 0.758. The fourth-order valence-electron chi connectivity index (χ4n) is 4.27. The monoisotopic (exact) mass is 630 g/mol. The lowest BCUT2D eigenvalue weighted by Crippen LogP contribution is -2.29. The van der Waals surface area contributed by atoms with Gasteiger partial charge in [0, 0.05) is 12.8 Å². The lowest BCUT2D eigenvalue weighted by atomic mass is 10.0. The molecule has 0 radical (unpaired) electrons. The third-order valence-electron chi connectivity index (χ3n) is 6.71. The number of carbonyl (C=O) groups excluding carboxylic acids is 2. The van der Waals surface area contributed by atoms with E-state index in [1.807, 2.05) is 18.2 Å². The fourth-order valence-corrected chi connectivity index (χ4v) is 4.63. The molecular formula is C33H59O9P. The zero-order chi connectivity index (χ0) is 32.2. The molecule has 2 atom stereocenters. The number of aliphatic hydroxyl groups excluding tert-OH is 1. The molecule has 0 rings (SSSR count). The van der Waals surface area contributed by atoms with Crippen LogP contribution in [-0.4, -0.2) is 52.3 Å². The van der Waals surface area contributed by atoms with Crippen LogP contribution in [0.2, 0.25) is 0 Å². The zero-order valence-corrected chi connectivity index (χ0v) is 27.8. The highest BCUT2D eigenvalue weighted by Gasteiger charge is 2.22. The average Bonchev–Trinajstić information content (AvgIpc) is 2.94. The van der Waals surface area contributed by atoms with Gasteiger partial charge >= 0.3 is 19.8 Å². The molecule has 9 nitrogen and oxygen atoms in total. The maximum absolute atomic E-state index is 12.3. The zero-order valence-electron chi connectivity index (χ0n) is 26.9. The average molecular weight is 631 g/mol. The van der Waals surface area contributed by atoms with E-state index in [0.717, 1.165) is 63.7 Å². The van der Waals surface area contributed by atoms with Crippen LogP contribution < -0.4 is 0 Å². The van der Waals surface area contributed by atoms with E-state index >= 15 is 0 Å². The molecule has 0 fully saturated rings. The van der Waals surface area contributed by atoms with Crippen LogP contribution in [0.15, 0.2) is 36.5 Å². The smallest absolute Gasteiger partial charge is 0.462 e. The predicted molar refractivity (Wildman–Crippen MR) is 171 cm³/mol. The molecular weight excluding hydrogens is 571 g/mol. The van der Waals surface area contributed by atoms with Crippen molar-refractivity contribution in [2.75, 3.05) is 13.2 Å². The van der Waals surface area contributed by atoms with Gasteiger partial charge in [0.2, 0.25) is 0 Å². The summed E-state index contributed by atoms with van der Waals surface area (Å²) in [5, 5.41) is 10.0. The molecule has 0 aromatic carbocycles. The second kappa shape index (κ2) is 27.8. The van der Waals surface area contributed by atoms with Crippen molar-refractivity contribution in [1.29, 1.82) is 0 Å². The van der Waals surface area contributed by atoms with E-state index in [-0.39, 0.29) is 19.4 Å². The Morgan fingerprint density at radius 3 is 1.93 bits per heavy atom.